The van der Waals surface area contributed by atoms with E-state index in [0.29, 0.717) is 55.2 Å². The van der Waals surface area contributed by atoms with Crippen LogP contribution in [0.3, 0.4) is 0 Å². The van der Waals surface area contributed by atoms with E-state index in [1.54, 1.807) is 49.5 Å². The van der Waals surface area contributed by atoms with E-state index in [9.17, 15) is 72.2 Å². The number of para-hydroxylation sites is 1. The highest BCUT2D eigenvalue weighted by Gasteiger charge is 2.43. The number of fused-ring (bicyclic) bond motifs is 1. The molecule has 4 rings (SSSR count). The fraction of sp³-hybridized carbons (Fsp3) is 0.631. The van der Waals surface area contributed by atoms with Crippen molar-refractivity contribution in [1.82, 2.24) is 68.8 Å². The molecule has 1 aliphatic rings. The summed E-state index contributed by atoms with van der Waals surface area (Å²) in [7, 11) is 0. The Balaban J connectivity index is 1.69. The quantitative estimate of drug-likeness (QED) is 0.0381. The number of nitrogens with one attached hydrogen (secondary N) is 13. The topological polar surface area (TPSA) is 523 Å². The number of H-pyrrole nitrogens is 1. The Morgan fingerprint density at radius 2 is 1.12 bits per heavy atom. The molecule has 18 N–H and O–H groups in total. The number of hydrogen-bond donors (Lipinski definition) is 16. The number of aromatic nitrogens is 1. The monoisotopic (exact) mass is 1640 g/mol. The largest absolute Gasteiger partial charge is 0.391 e. The van der Waals surface area contributed by atoms with Crippen molar-refractivity contribution in [2.45, 2.75) is 297 Å². The lowest BCUT2D eigenvalue weighted by atomic mass is 9.82. The van der Waals surface area contributed by atoms with Crippen LogP contribution in [0.1, 0.15) is 218 Å². The van der Waals surface area contributed by atoms with Gasteiger partial charge in [-0.25, -0.2) is 0 Å². The number of aromatic amines is 1. The third-order valence-electron chi connectivity index (χ3n) is 21.2. The summed E-state index contributed by atoms with van der Waals surface area (Å²) in [5, 5.41) is 44.1. The SMILES string of the molecule is CC(=O)N[C@@H](CC(C)C)C(=O)N[C@H](C(=O)N[C@@H](Cc1ccccc1)C(=O)N[C@]1(C)CCCCCCCCCCC[C@@](C)(C(=O)NC(C)C(=O)N[C@@H](C)C(=O)NC(C)C(=O)N[C@@H](C)C(=O)C(=O)[C@H](C)NC[C@H](C)C(N)=O)NC(=O)[C@H](CC(C)C)CN[C@@H](CCC(N)=O)C(=O)C(=O)C(C)NC(=O)[C@H](Cc2c[nH]c3ccccc23)CC1=O)[C@@H](C)O. The summed E-state index contributed by atoms with van der Waals surface area (Å²) >= 11 is 0. The van der Waals surface area contributed by atoms with Crippen molar-refractivity contribution < 1.29 is 86.6 Å². The van der Waals surface area contributed by atoms with Crippen molar-refractivity contribution in [3.63, 3.8) is 0 Å². The van der Waals surface area contributed by atoms with Gasteiger partial charge >= 0.3 is 0 Å². The van der Waals surface area contributed by atoms with E-state index < -0.39 is 208 Å². The van der Waals surface area contributed by atoms with E-state index in [-0.39, 0.29) is 69.9 Å². The molecule has 33 nitrogen and oxygen atoms in total. The third kappa shape index (κ3) is 32.7. The van der Waals surface area contributed by atoms with Gasteiger partial charge in [-0.2, -0.15) is 0 Å². The lowest BCUT2D eigenvalue weighted by molar-refractivity contribution is -0.141. The van der Waals surface area contributed by atoms with Gasteiger partial charge in [0.05, 0.1) is 41.7 Å². The van der Waals surface area contributed by atoms with Crippen molar-refractivity contribution in [1.29, 1.82) is 0 Å². The minimum atomic E-state index is -1.76. The second-order valence-corrected chi connectivity index (χ2v) is 32.9. The number of aliphatic hydroxyl groups excluding tert-OH is 1. The number of hydrogen-bond acceptors (Lipinski definition) is 20. The van der Waals surface area contributed by atoms with Gasteiger partial charge in [-0.3, -0.25) is 81.5 Å². The second kappa shape index (κ2) is 47.9. The molecular formula is C84H129N15O18. The molecule has 0 radical (unpaired) electrons. The fourth-order valence-corrected chi connectivity index (χ4v) is 13.8. The Hall–Kier alpha value is -10.2. The predicted molar refractivity (Wildman–Crippen MR) is 439 cm³/mol. The number of ketones is 5. The number of Topliss-reactive ketones (excluding diaryl/α,β-unsaturated/α-hetero) is 5. The first-order chi connectivity index (χ1) is 54.9. The summed E-state index contributed by atoms with van der Waals surface area (Å²) in [4.78, 5) is 239. The van der Waals surface area contributed by atoms with Crippen LogP contribution in [0.25, 0.3) is 10.9 Å². The molecule has 3 aromatic rings. The Morgan fingerprint density at radius 3 is 1.68 bits per heavy atom. The lowest BCUT2D eigenvalue weighted by Crippen LogP contribution is -2.62. The summed E-state index contributed by atoms with van der Waals surface area (Å²) in [6.07, 6.45) is 4.73. The number of nitrogens with two attached hydrogens (primary N) is 2. The minimum Gasteiger partial charge on any atom is -0.391 e. The molecule has 16 atom stereocenters. The predicted octanol–water partition coefficient (Wildman–Crippen LogP) is 2.27. The van der Waals surface area contributed by atoms with E-state index >= 15 is 14.4 Å². The van der Waals surface area contributed by atoms with Crippen LogP contribution in [-0.2, 0) is 94.3 Å². The highest BCUT2D eigenvalue weighted by atomic mass is 16.3. The Kier molecular flexibility index (Phi) is 40.6. The van der Waals surface area contributed by atoms with Gasteiger partial charge < -0.3 is 85.4 Å². The van der Waals surface area contributed by atoms with E-state index in [4.69, 9.17) is 11.5 Å². The number of rotatable bonds is 34. The van der Waals surface area contributed by atoms with Crippen LogP contribution in [0.4, 0.5) is 0 Å². The summed E-state index contributed by atoms with van der Waals surface area (Å²) in [6.45, 7) is 22.2. The van der Waals surface area contributed by atoms with Crippen molar-refractivity contribution in [3.8, 4) is 0 Å². The smallest absolute Gasteiger partial charge is 0.246 e. The standard InChI is InChI=1S/C84H129N15O18/c1-46(2)38-60-45-89-63(34-35-67(85)103)72(107)71(106)51(8)91-77(112)58(41-59-44-88-62-33-27-26-32-61(59)62)42-66(102)83(14,99-80(115)65(40-57-30-24-23-25-31-57)96-81(116)68(55(12)100)97-79(114)64(39-47(3)4)95-56(13)101)36-28-21-19-17-16-18-20-22-29-37-84(15,98-78(60)113)82(117)94-54(11)76(111)93-53(10)75(110)92-52(9)74(109)90-50(7)70(105)69(104)49(6)87-43-48(5)73(86)108/h23-27,30-33,44,46-55,58,60,63-65,68,87-89,100H,16-22,28-29,34-43,45H2,1-15H3,(H2,85,103)(H2,86,108)(H,90,109)(H,91,112)(H,92,110)(H,93,111)(H,94,117)(H,95,101)(H,96,116)(H,97,114)(H,98,113)(H,99,115)/t48-,49-,50-,51?,52?,53-,54?,55+,58+,60+,63-,64-,65-,68-,83+,84-/m0/s1. The zero-order valence-corrected chi connectivity index (χ0v) is 70.7. The van der Waals surface area contributed by atoms with Crippen LogP contribution < -0.4 is 75.3 Å². The van der Waals surface area contributed by atoms with Crippen LogP contribution in [0.2, 0.25) is 0 Å². The molecule has 12 amide bonds. The van der Waals surface area contributed by atoms with Crippen molar-refractivity contribution in [2.24, 2.45) is 41.1 Å². The van der Waals surface area contributed by atoms with Gasteiger partial charge in [0.1, 0.15) is 41.8 Å². The molecule has 0 aliphatic carbocycles. The van der Waals surface area contributed by atoms with E-state index in [1.165, 1.54) is 69.2 Å². The van der Waals surface area contributed by atoms with E-state index in [2.05, 4.69) is 68.8 Å². The number of amides is 12. The average molecular weight is 1640 g/mol. The van der Waals surface area contributed by atoms with Crippen molar-refractivity contribution in [2.75, 3.05) is 13.1 Å². The number of benzene rings is 2. The average Bonchev–Trinajstić information content (AvgIpc) is 1.80. The molecule has 648 valence electrons. The molecule has 1 aliphatic heterocycles. The van der Waals surface area contributed by atoms with Gasteiger partial charge in [-0.1, -0.05) is 141 Å². The molecule has 1 fully saturated rings. The molecule has 0 spiro atoms. The molecule has 33 heteroatoms. The number of aliphatic hydroxyl groups is 1. The van der Waals surface area contributed by atoms with Crippen LogP contribution in [0, 0.1) is 29.6 Å². The molecule has 2 aromatic carbocycles. The first-order valence-corrected chi connectivity index (χ1v) is 40.9. The maximum Gasteiger partial charge on any atom is 0.246 e. The maximum absolute atomic E-state index is 15.6. The Morgan fingerprint density at radius 1 is 0.573 bits per heavy atom. The normalized spacial score (nSPS) is 22.1. The molecule has 117 heavy (non-hydrogen) atoms. The van der Waals surface area contributed by atoms with Crippen LogP contribution >= 0.6 is 0 Å². The first kappa shape index (κ1) is 99.2. The highest BCUT2D eigenvalue weighted by molar-refractivity contribution is 6.41. The number of carbonyl (C=O) groups is 17. The van der Waals surface area contributed by atoms with Gasteiger partial charge in [-0.05, 0) is 130 Å². The van der Waals surface area contributed by atoms with Gasteiger partial charge in [0.25, 0.3) is 0 Å². The van der Waals surface area contributed by atoms with Gasteiger partial charge in [-0.15, -0.1) is 0 Å². The summed E-state index contributed by atoms with van der Waals surface area (Å²) in [5.41, 5.74) is 9.35. The van der Waals surface area contributed by atoms with E-state index in [0.717, 1.165) is 24.6 Å². The van der Waals surface area contributed by atoms with Crippen molar-refractivity contribution >= 4 is 111 Å². The molecule has 1 aromatic heterocycles. The summed E-state index contributed by atoms with van der Waals surface area (Å²) in [5.74, 6) is -17.0. The Labute approximate surface area is 686 Å². The maximum atomic E-state index is 15.6. The molecule has 0 saturated carbocycles. The highest BCUT2D eigenvalue weighted by Crippen LogP contribution is 2.28. The number of primary amides is 2. The molecular weight excluding hydrogens is 1510 g/mol. The third-order valence-corrected chi connectivity index (χ3v) is 21.2. The zero-order chi connectivity index (χ0) is 87.8. The molecule has 0 bridgehead atoms. The Bertz CT molecular complexity index is 3960. The zero-order valence-electron chi connectivity index (χ0n) is 70.7. The van der Waals surface area contributed by atoms with Crippen molar-refractivity contribution in [3.05, 3.63) is 71.9 Å². The molecule has 3 unspecified atom stereocenters. The van der Waals surface area contributed by atoms with Crippen LogP contribution in [-0.4, -0.2) is 201 Å². The number of carbonyl (C=O) groups excluding carboxylic acids is 17. The van der Waals surface area contributed by atoms with Gasteiger partial charge in [0, 0.05) is 68.2 Å². The van der Waals surface area contributed by atoms with Crippen LogP contribution in [0.5, 0.6) is 0 Å². The lowest BCUT2D eigenvalue weighted by Gasteiger charge is -2.33. The minimum absolute atomic E-state index is 0.0223. The van der Waals surface area contributed by atoms with Gasteiger partial charge in [0.15, 0.2) is 5.78 Å². The fourth-order valence-electron chi connectivity index (χ4n) is 13.8. The molecule has 1 saturated heterocycles. The summed E-state index contributed by atoms with van der Waals surface area (Å²) < 4.78 is 0. The van der Waals surface area contributed by atoms with E-state index in [1.807, 2.05) is 45.9 Å². The second-order valence-electron chi connectivity index (χ2n) is 32.9. The van der Waals surface area contributed by atoms with Gasteiger partial charge in [0.2, 0.25) is 94.0 Å². The first-order valence-electron chi connectivity index (χ1n) is 40.9. The molecule has 2 heterocycles. The summed E-state index contributed by atoms with van der Waals surface area (Å²) in [6, 6.07) is 2.50. The van der Waals surface area contributed by atoms with Crippen LogP contribution in [0.15, 0.2) is 60.8 Å².